The number of ether oxygens (including phenoxy) is 2. The van der Waals surface area contributed by atoms with E-state index in [1.165, 1.54) is 17.8 Å². The number of aromatic carboxylic acids is 1. The fourth-order valence-corrected chi connectivity index (χ4v) is 14.0. The Hall–Kier alpha value is -4.54. The topological polar surface area (TPSA) is 201 Å². The van der Waals surface area contributed by atoms with Crippen LogP contribution in [0.2, 0.25) is 0 Å². The van der Waals surface area contributed by atoms with E-state index in [0.717, 1.165) is 71.2 Å². The van der Waals surface area contributed by atoms with Crippen molar-refractivity contribution >= 4 is 52.0 Å². The Labute approximate surface area is 377 Å². The van der Waals surface area contributed by atoms with Crippen molar-refractivity contribution in [2.24, 2.45) is 16.2 Å². The number of carbonyl (C=O) groups is 2. The zero-order valence-corrected chi connectivity index (χ0v) is 38.5. The monoisotopic (exact) mass is 911 g/mol. The summed E-state index contributed by atoms with van der Waals surface area (Å²) in [6, 6.07) is 17.3. The van der Waals surface area contributed by atoms with Crippen LogP contribution in [0.4, 0.5) is 10.9 Å². The Bertz CT molecular complexity index is 2570. The van der Waals surface area contributed by atoms with Gasteiger partial charge in [-0.1, -0.05) is 49.4 Å². The van der Waals surface area contributed by atoms with E-state index in [-0.39, 0.29) is 39.6 Å². The van der Waals surface area contributed by atoms with Crippen LogP contribution in [0.5, 0.6) is 0 Å². The van der Waals surface area contributed by atoms with Crippen LogP contribution in [-0.2, 0) is 33.5 Å². The maximum atomic E-state index is 13.7. The predicted octanol–water partition coefficient (Wildman–Crippen LogP) is 7.69. The number of nitrogens with one attached hydrogen (secondary N) is 2. The van der Waals surface area contributed by atoms with Gasteiger partial charge in [-0.2, -0.15) is 5.10 Å². The number of carbonyl (C=O) groups excluding carboxylic acids is 1. The zero-order chi connectivity index (χ0) is 44.9. The molecule has 2 unspecified atom stereocenters. The SMILES string of the molecule is Cc1c(-c2ccc(N3CCc4cccc(C(=O)Nc5nc6ccccc6s5)c4C3)nc2C(=O)O)cnn1CC12CC3(C)CC(C)(C1)CC(OCCOCCNCCCP(=O)(O)O)(C3)C2. The van der Waals surface area contributed by atoms with E-state index >= 15 is 0 Å². The number of pyridine rings is 1. The molecule has 10 rings (SSSR count). The minimum Gasteiger partial charge on any atom is -0.476 e. The first-order valence-corrected chi connectivity index (χ1v) is 24.9. The average Bonchev–Trinajstić information content (AvgIpc) is 3.80. The fraction of sp³-hybridized carbons (Fsp3) is 0.511. The minimum absolute atomic E-state index is 0.0311. The molecular formula is C47H58N7O8PS. The highest BCUT2D eigenvalue weighted by Gasteiger charge is 2.66. The smallest absolute Gasteiger partial charge is 0.355 e. The summed E-state index contributed by atoms with van der Waals surface area (Å²) < 4.78 is 26.8. The molecule has 340 valence electrons. The van der Waals surface area contributed by atoms with Gasteiger partial charge in [-0.15, -0.1) is 0 Å². The van der Waals surface area contributed by atoms with Gasteiger partial charge in [-0.3, -0.25) is 19.4 Å². The van der Waals surface area contributed by atoms with Crippen LogP contribution in [0.25, 0.3) is 21.3 Å². The Kier molecular flexibility index (Phi) is 12.1. The predicted molar refractivity (Wildman–Crippen MR) is 246 cm³/mol. The van der Waals surface area contributed by atoms with Gasteiger partial charge in [0.05, 0.1) is 48.0 Å². The van der Waals surface area contributed by atoms with Gasteiger partial charge in [0, 0.05) is 48.6 Å². The Balaban J connectivity index is 0.872. The van der Waals surface area contributed by atoms with Gasteiger partial charge in [0.15, 0.2) is 10.8 Å². The molecule has 5 aromatic rings. The van der Waals surface area contributed by atoms with Crippen molar-refractivity contribution in [1.82, 2.24) is 25.1 Å². The van der Waals surface area contributed by atoms with Crippen LogP contribution in [0.1, 0.15) is 96.5 Å². The molecule has 0 saturated heterocycles. The van der Waals surface area contributed by atoms with Gasteiger partial charge >= 0.3 is 13.6 Å². The Morgan fingerprint density at radius 1 is 0.906 bits per heavy atom. The fourth-order valence-electron chi connectivity index (χ4n) is 12.5. The summed E-state index contributed by atoms with van der Waals surface area (Å²) >= 11 is 1.43. The summed E-state index contributed by atoms with van der Waals surface area (Å²) in [5.41, 5.74) is 5.49. The minimum atomic E-state index is -3.97. The summed E-state index contributed by atoms with van der Waals surface area (Å²) in [6.45, 7) is 11.2. The highest BCUT2D eigenvalue weighted by molar-refractivity contribution is 7.51. The molecular weight excluding hydrogens is 854 g/mol. The highest BCUT2D eigenvalue weighted by Crippen LogP contribution is 2.72. The number of amides is 1. The van der Waals surface area contributed by atoms with Crippen LogP contribution in [0.15, 0.2) is 60.8 Å². The third kappa shape index (κ3) is 9.42. The van der Waals surface area contributed by atoms with Crippen molar-refractivity contribution in [1.29, 1.82) is 0 Å². The van der Waals surface area contributed by atoms with Crippen molar-refractivity contribution in [2.75, 3.05) is 55.8 Å². The van der Waals surface area contributed by atoms with Gasteiger partial charge in [0.1, 0.15) is 5.82 Å². The van der Waals surface area contributed by atoms with Gasteiger partial charge in [-0.25, -0.2) is 14.8 Å². The molecule has 5 aliphatic rings. The van der Waals surface area contributed by atoms with E-state index in [4.69, 9.17) is 29.3 Å². The average molecular weight is 912 g/mol. The number of rotatable bonds is 18. The van der Waals surface area contributed by atoms with Crippen LogP contribution in [0.3, 0.4) is 0 Å². The van der Waals surface area contributed by atoms with E-state index < -0.39 is 13.6 Å². The molecule has 0 radical (unpaired) electrons. The van der Waals surface area contributed by atoms with Gasteiger partial charge in [0.2, 0.25) is 0 Å². The number of benzene rings is 2. The third-order valence-corrected chi connectivity index (χ3v) is 15.7. The number of anilines is 2. The standard InChI is InChI=1S/C47H58N7O8PS/c1-31-35(22-49-54(31)30-46-25-44(2)24-45(3,26-46)28-47(27-44,29-46)62-20-19-61-18-16-48-15-7-21-63(58,59)60)33-12-13-39(51-40(33)42(56)57)53-17-14-32-8-6-9-34(36(32)23-53)41(55)52-43-50-37-10-4-5-11-38(37)64-43/h4-6,8-13,22,48H,7,14-21,23-30H2,1-3H3,(H,56,57)(H,50,52,55)(H2,58,59,60). The number of fused-ring (bicyclic) bond motifs is 2. The lowest BCUT2D eigenvalue weighted by molar-refractivity contribution is -0.250. The molecule has 5 N–H and O–H groups in total. The lowest BCUT2D eigenvalue weighted by atomic mass is 9.39. The first kappa shape index (κ1) is 44.7. The highest BCUT2D eigenvalue weighted by atomic mass is 32.1. The second kappa shape index (κ2) is 17.4. The molecule has 4 aliphatic carbocycles. The largest absolute Gasteiger partial charge is 0.476 e. The molecule has 0 spiro atoms. The molecule has 4 heterocycles. The molecule has 64 heavy (non-hydrogen) atoms. The number of carboxylic acids is 1. The number of hydrogen-bond acceptors (Lipinski definition) is 11. The summed E-state index contributed by atoms with van der Waals surface area (Å²) in [5.74, 6) is -0.809. The van der Waals surface area contributed by atoms with Crippen molar-refractivity contribution in [3.8, 4) is 11.1 Å². The van der Waals surface area contributed by atoms with Crippen LogP contribution in [-0.4, -0.2) is 97.7 Å². The van der Waals surface area contributed by atoms with Crippen molar-refractivity contribution in [2.45, 2.75) is 90.8 Å². The molecule has 17 heteroatoms. The number of nitrogens with zero attached hydrogens (tertiary/aromatic N) is 5. The molecule has 4 bridgehead atoms. The van der Waals surface area contributed by atoms with Crippen molar-refractivity contribution < 1.29 is 38.5 Å². The quantitative estimate of drug-likeness (QED) is 0.0424. The van der Waals surface area contributed by atoms with Crippen LogP contribution in [0, 0.1) is 23.2 Å². The van der Waals surface area contributed by atoms with Crippen molar-refractivity contribution in [3.63, 3.8) is 0 Å². The summed E-state index contributed by atoms with van der Waals surface area (Å²) in [6.07, 6.45) is 9.06. The first-order valence-electron chi connectivity index (χ1n) is 22.3. The number of para-hydroxylation sites is 1. The lowest BCUT2D eigenvalue weighted by Crippen LogP contribution is -2.64. The number of carboxylic acid groups (broad SMARTS) is 1. The summed E-state index contributed by atoms with van der Waals surface area (Å²) in [4.78, 5) is 56.1. The lowest BCUT2D eigenvalue weighted by Gasteiger charge is -2.69. The maximum Gasteiger partial charge on any atom is 0.355 e. The zero-order valence-electron chi connectivity index (χ0n) is 36.8. The molecule has 1 aliphatic heterocycles. The van der Waals surface area contributed by atoms with Gasteiger partial charge in [0.25, 0.3) is 5.91 Å². The molecule has 4 fully saturated rings. The van der Waals surface area contributed by atoms with Crippen LogP contribution >= 0.6 is 18.9 Å². The molecule has 3 aromatic heterocycles. The molecule has 1 amide bonds. The van der Waals surface area contributed by atoms with E-state index in [1.54, 1.807) is 6.20 Å². The second-order valence-corrected chi connectivity index (χ2v) is 22.4. The first-order chi connectivity index (χ1) is 30.5. The van der Waals surface area contributed by atoms with E-state index in [2.05, 4.69) is 34.1 Å². The maximum absolute atomic E-state index is 13.7. The van der Waals surface area contributed by atoms with E-state index in [1.807, 2.05) is 66.4 Å². The normalized spacial score (nSPS) is 24.9. The van der Waals surface area contributed by atoms with Crippen molar-refractivity contribution in [3.05, 3.63) is 88.9 Å². The third-order valence-electron chi connectivity index (χ3n) is 13.8. The molecule has 2 atom stereocenters. The number of thiazole rings is 1. The second-order valence-electron chi connectivity index (χ2n) is 19.5. The van der Waals surface area contributed by atoms with E-state index in [9.17, 15) is 19.3 Å². The molecule has 2 aromatic carbocycles. The van der Waals surface area contributed by atoms with Gasteiger partial charge < -0.3 is 34.6 Å². The van der Waals surface area contributed by atoms with Gasteiger partial charge in [-0.05, 0) is 123 Å². The molecule has 4 saturated carbocycles. The molecule has 15 nitrogen and oxygen atoms in total. The van der Waals surface area contributed by atoms with E-state index in [0.29, 0.717) is 80.9 Å². The Morgan fingerprint density at radius 2 is 1.70 bits per heavy atom. The summed E-state index contributed by atoms with van der Waals surface area (Å²) in [5, 5.41) is 22.2. The number of hydrogen-bond donors (Lipinski definition) is 5. The summed E-state index contributed by atoms with van der Waals surface area (Å²) in [7, 11) is -3.97. The number of aromatic nitrogens is 4. The van der Waals surface area contributed by atoms with Crippen LogP contribution < -0.4 is 15.5 Å². The Morgan fingerprint density at radius 3 is 2.47 bits per heavy atom.